The third-order valence-corrected chi connectivity index (χ3v) is 5.95. The predicted octanol–water partition coefficient (Wildman–Crippen LogP) is 3.54. The number of aromatic nitrogens is 2. The van der Waals surface area contributed by atoms with E-state index in [1.165, 1.54) is 6.42 Å². The molecule has 6 nitrogen and oxygen atoms in total. The average molecular weight is 375 g/mol. The minimum atomic E-state index is -0.140. The molecule has 1 aromatic heterocycles. The SMILES string of the molecule is CCCCCNC(=O)c1nc(C(=O)N2CCCCC2CC)c2n1CCCC2. The maximum Gasteiger partial charge on any atom is 0.287 e. The van der Waals surface area contributed by atoms with Crippen molar-refractivity contribution in [3.8, 4) is 0 Å². The van der Waals surface area contributed by atoms with E-state index in [0.29, 0.717) is 24.1 Å². The summed E-state index contributed by atoms with van der Waals surface area (Å²) in [6, 6.07) is 0.304. The molecule has 2 aliphatic heterocycles. The molecule has 150 valence electrons. The van der Waals surface area contributed by atoms with E-state index >= 15 is 0 Å². The lowest BCUT2D eigenvalue weighted by Gasteiger charge is -2.35. The first-order chi connectivity index (χ1) is 13.2. The van der Waals surface area contributed by atoms with Crippen LogP contribution in [0, 0.1) is 0 Å². The summed E-state index contributed by atoms with van der Waals surface area (Å²) < 4.78 is 2.00. The molecule has 0 radical (unpaired) electrons. The molecule has 0 bridgehead atoms. The van der Waals surface area contributed by atoms with Crippen molar-refractivity contribution in [2.45, 2.75) is 90.6 Å². The molecule has 3 rings (SSSR count). The third kappa shape index (κ3) is 4.36. The molecule has 0 saturated carbocycles. The number of amides is 2. The number of fused-ring (bicyclic) bond motifs is 1. The maximum atomic E-state index is 13.3. The number of hydrogen-bond donors (Lipinski definition) is 1. The number of piperidine rings is 1. The Morgan fingerprint density at radius 1 is 1.11 bits per heavy atom. The van der Waals surface area contributed by atoms with Gasteiger partial charge in [-0.05, 0) is 51.4 Å². The molecule has 1 atom stereocenters. The maximum absolute atomic E-state index is 13.3. The van der Waals surface area contributed by atoms with Gasteiger partial charge in [-0.3, -0.25) is 9.59 Å². The summed E-state index contributed by atoms with van der Waals surface area (Å²) in [6.45, 7) is 6.55. The average Bonchev–Trinajstić information content (AvgIpc) is 3.10. The monoisotopic (exact) mass is 374 g/mol. The highest BCUT2D eigenvalue weighted by Gasteiger charge is 2.33. The molecular formula is C21H34N4O2. The van der Waals surface area contributed by atoms with Crippen LogP contribution in [-0.2, 0) is 13.0 Å². The van der Waals surface area contributed by atoms with E-state index in [4.69, 9.17) is 0 Å². The fraction of sp³-hybridized carbons (Fsp3) is 0.762. The molecule has 2 aliphatic rings. The van der Waals surface area contributed by atoms with Gasteiger partial charge in [0.25, 0.3) is 11.8 Å². The summed E-state index contributed by atoms with van der Waals surface area (Å²) in [5.41, 5.74) is 1.49. The lowest BCUT2D eigenvalue weighted by Crippen LogP contribution is -2.44. The quantitative estimate of drug-likeness (QED) is 0.742. The molecule has 0 aromatic carbocycles. The van der Waals surface area contributed by atoms with E-state index in [2.05, 4.69) is 24.1 Å². The number of hydrogen-bond acceptors (Lipinski definition) is 3. The van der Waals surface area contributed by atoms with E-state index in [9.17, 15) is 9.59 Å². The largest absolute Gasteiger partial charge is 0.349 e. The van der Waals surface area contributed by atoms with Crippen molar-refractivity contribution in [3.63, 3.8) is 0 Å². The molecular weight excluding hydrogens is 340 g/mol. The van der Waals surface area contributed by atoms with Gasteiger partial charge < -0.3 is 14.8 Å². The summed E-state index contributed by atoms with van der Waals surface area (Å²) in [5.74, 6) is 0.311. The number of carbonyl (C=O) groups is 2. The van der Waals surface area contributed by atoms with Crippen molar-refractivity contribution in [2.75, 3.05) is 13.1 Å². The third-order valence-electron chi connectivity index (χ3n) is 5.95. The molecule has 6 heteroatoms. The molecule has 3 heterocycles. The predicted molar refractivity (Wildman–Crippen MR) is 106 cm³/mol. The van der Waals surface area contributed by atoms with Gasteiger partial charge in [0.1, 0.15) is 5.69 Å². The van der Waals surface area contributed by atoms with Crippen molar-refractivity contribution < 1.29 is 9.59 Å². The van der Waals surface area contributed by atoms with Gasteiger partial charge in [-0.15, -0.1) is 0 Å². The Bertz CT molecular complexity index is 667. The van der Waals surface area contributed by atoms with Crippen LogP contribution in [-0.4, -0.2) is 45.4 Å². The first-order valence-corrected chi connectivity index (χ1v) is 10.9. The minimum absolute atomic E-state index is 0.0252. The van der Waals surface area contributed by atoms with E-state index in [1.807, 2.05) is 9.47 Å². The van der Waals surface area contributed by atoms with Gasteiger partial charge in [0, 0.05) is 25.7 Å². The molecule has 1 unspecified atom stereocenters. The molecule has 2 amide bonds. The van der Waals surface area contributed by atoms with Crippen LogP contribution in [0.1, 0.15) is 98.4 Å². The lowest BCUT2D eigenvalue weighted by molar-refractivity contribution is 0.0600. The Balaban J connectivity index is 1.82. The Kier molecular flexibility index (Phi) is 6.91. The summed E-state index contributed by atoms with van der Waals surface area (Å²) >= 11 is 0. The van der Waals surface area contributed by atoms with Gasteiger partial charge in [-0.2, -0.15) is 0 Å². The normalized spacial score (nSPS) is 19.6. The van der Waals surface area contributed by atoms with Gasteiger partial charge in [0.2, 0.25) is 0 Å². The number of nitrogens with one attached hydrogen (secondary N) is 1. The second-order valence-corrected chi connectivity index (χ2v) is 7.86. The Labute approximate surface area is 162 Å². The highest BCUT2D eigenvalue weighted by atomic mass is 16.2. The minimum Gasteiger partial charge on any atom is -0.349 e. The van der Waals surface area contributed by atoms with Crippen LogP contribution in [0.3, 0.4) is 0 Å². The number of carbonyl (C=O) groups excluding carboxylic acids is 2. The van der Waals surface area contributed by atoms with Crippen molar-refractivity contribution >= 4 is 11.8 Å². The highest BCUT2D eigenvalue weighted by Crippen LogP contribution is 2.26. The molecule has 27 heavy (non-hydrogen) atoms. The first kappa shape index (κ1) is 19.9. The molecule has 0 spiro atoms. The topological polar surface area (TPSA) is 67.2 Å². The van der Waals surface area contributed by atoms with Crippen molar-refractivity contribution in [3.05, 3.63) is 17.2 Å². The molecule has 1 aromatic rings. The number of rotatable bonds is 7. The van der Waals surface area contributed by atoms with Crippen LogP contribution in [0.2, 0.25) is 0 Å². The Morgan fingerprint density at radius 2 is 1.93 bits per heavy atom. The number of imidazole rings is 1. The standard InChI is InChI=1S/C21H34N4O2/c1-3-5-8-13-22-20(26)19-23-18(17-12-7-10-15-25(17)19)21(27)24-14-9-6-11-16(24)4-2/h16H,3-15H2,1-2H3,(H,22,26). The Hall–Kier alpha value is -1.85. The number of nitrogens with zero attached hydrogens (tertiary/aromatic N) is 3. The second-order valence-electron chi connectivity index (χ2n) is 7.86. The van der Waals surface area contributed by atoms with E-state index < -0.39 is 0 Å². The van der Waals surface area contributed by atoms with Gasteiger partial charge in [0.05, 0.1) is 5.69 Å². The molecule has 1 fully saturated rings. The van der Waals surface area contributed by atoms with Crippen LogP contribution in [0.25, 0.3) is 0 Å². The van der Waals surface area contributed by atoms with E-state index in [0.717, 1.165) is 76.6 Å². The number of unbranched alkanes of at least 4 members (excludes halogenated alkanes) is 2. The van der Waals surface area contributed by atoms with Gasteiger partial charge in [0.15, 0.2) is 5.82 Å². The second kappa shape index (κ2) is 9.38. The smallest absolute Gasteiger partial charge is 0.287 e. The molecule has 0 aliphatic carbocycles. The van der Waals surface area contributed by atoms with Crippen LogP contribution >= 0.6 is 0 Å². The Morgan fingerprint density at radius 3 is 2.70 bits per heavy atom. The van der Waals surface area contributed by atoms with Gasteiger partial charge in [-0.1, -0.05) is 26.7 Å². The fourth-order valence-corrected chi connectivity index (χ4v) is 4.37. The molecule has 1 N–H and O–H groups in total. The zero-order chi connectivity index (χ0) is 19.2. The van der Waals surface area contributed by atoms with Crippen molar-refractivity contribution in [1.29, 1.82) is 0 Å². The van der Waals surface area contributed by atoms with Crippen molar-refractivity contribution in [2.24, 2.45) is 0 Å². The number of likely N-dealkylation sites (tertiary alicyclic amines) is 1. The van der Waals surface area contributed by atoms with Gasteiger partial charge in [-0.25, -0.2) is 4.98 Å². The first-order valence-electron chi connectivity index (χ1n) is 10.9. The van der Waals surface area contributed by atoms with Crippen LogP contribution in [0.4, 0.5) is 0 Å². The highest BCUT2D eigenvalue weighted by molar-refractivity contribution is 5.97. The zero-order valence-corrected chi connectivity index (χ0v) is 16.9. The summed E-state index contributed by atoms with van der Waals surface area (Å²) in [5, 5.41) is 2.99. The summed E-state index contributed by atoms with van der Waals surface area (Å²) in [7, 11) is 0. The molecule has 1 saturated heterocycles. The summed E-state index contributed by atoms with van der Waals surface area (Å²) in [6.07, 6.45) is 10.4. The van der Waals surface area contributed by atoms with Crippen LogP contribution in [0.15, 0.2) is 0 Å². The fourth-order valence-electron chi connectivity index (χ4n) is 4.37. The zero-order valence-electron chi connectivity index (χ0n) is 16.9. The van der Waals surface area contributed by atoms with E-state index in [-0.39, 0.29) is 11.8 Å². The lowest BCUT2D eigenvalue weighted by atomic mass is 9.99. The van der Waals surface area contributed by atoms with Crippen LogP contribution < -0.4 is 5.32 Å². The van der Waals surface area contributed by atoms with Crippen LogP contribution in [0.5, 0.6) is 0 Å². The van der Waals surface area contributed by atoms with E-state index in [1.54, 1.807) is 0 Å². The van der Waals surface area contributed by atoms with Crippen molar-refractivity contribution in [1.82, 2.24) is 19.8 Å². The summed E-state index contributed by atoms with van der Waals surface area (Å²) in [4.78, 5) is 32.6. The van der Waals surface area contributed by atoms with Gasteiger partial charge >= 0.3 is 0 Å².